The van der Waals surface area contributed by atoms with Gasteiger partial charge < -0.3 is 20.7 Å². The Morgan fingerprint density at radius 1 is 1.35 bits per heavy atom. The SMILES string of the molecule is CC(Nc1cccc(C(N)=O)c1)C(=O)N1CCOCC1. The fourth-order valence-electron chi connectivity index (χ4n) is 2.13. The lowest BCUT2D eigenvalue weighted by Crippen LogP contribution is -2.47. The molecule has 6 nitrogen and oxygen atoms in total. The number of benzene rings is 1. The zero-order valence-electron chi connectivity index (χ0n) is 11.5. The van der Waals surface area contributed by atoms with Crippen LogP contribution in [0.4, 0.5) is 5.69 Å². The van der Waals surface area contributed by atoms with Crippen LogP contribution in [0.3, 0.4) is 0 Å². The van der Waals surface area contributed by atoms with Gasteiger partial charge in [0, 0.05) is 24.3 Å². The maximum absolute atomic E-state index is 12.2. The third-order valence-corrected chi connectivity index (χ3v) is 3.22. The van der Waals surface area contributed by atoms with Crippen LogP contribution in [0, 0.1) is 0 Å². The summed E-state index contributed by atoms with van der Waals surface area (Å²) in [5.74, 6) is -0.460. The molecule has 2 amide bonds. The molecule has 1 aromatic rings. The van der Waals surface area contributed by atoms with Crippen molar-refractivity contribution in [3.8, 4) is 0 Å². The molecule has 1 fully saturated rings. The van der Waals surface area contributed by atoms with Gasteiger partial charge in [-0.25, -0.2) is 0 Å². The Kier molecular flexibility index (Phi) is 4.57. The highest BCUT2D eigenvalue weighted by Crippen LogP contribution is 2.12. The Hall–Kier alpha value is -2.08. The smallest absolute Gasteiger partial charge is 0.248 e. The number of hydrogen-bond acceptors (Lipinski definition) is 4. The number of ether oxygens (including phenoxy) is 1. The van der Waals surface area contributed by atoms with Crippen LogP contribution in [0.25, 0.3) is 0 Å². The number of rotatable bonds is 4. The number of hydrogen-bond donors (Lipinski definition) is 2. The summed E-state index contributed by atoms with van der Waals surface area (Å²) in [4.78, 5) is 25.1. The molecule has 1 unspecified atom stereocenters. The minimum Gasteiger partial charge on any atom is -0.378 e. The number of carbonyl (C=O) groups excluding carboxylic acids is 2. The molecule has 1 heterocycles. The summed E-state index contributed by atoms with van der Waals surface area (Å²) in [6, 6.07) is 6.45. The van der Waals surface area contributed by atoms with Crippen molar-refractivity contribution in [1.82, 2.24) is 4.90 Å². The molecule has 1 atom stereocenters. The Morgan fingerprint density at radius 3 is 2.70 bits per heavy atom. The number of primary amides is 1. The minimum atomic E-state index is -0.485. The maximum atomic E-state index is 12.2. The van der Waals surface area contributed by atoms with Crippen molar-refractivity contribution in [2.24, 2.45) is 5.73 Å². The molecule has 1 aliphatic heterocycles. The van der Waals surface area contributed by atoms with Crippen LogP contribution in [0.15, 0.2) is 24.3 Å². The third-order valence-electron chi connectivity index (χ3n) is 3.22. The zero-order chi connectivity index (χ0) is 14.5. The predicted octanol–water partition coefficient (Wildman–Crippen LogP) is 0.445. The monoisotopic (exact) mass is 277 g/mol. The zero-order valence-corrected chi connectivity index (χ0v) is 11.5. The number of carbonyl (C=O) groups is 2. The first-order valence-corrected chi connectivity index (χ1v) is 6.61. The molecule has 1 saturated heterocycles. The molecule has 2 rings (SSSR count). The van der Waals surface area contributed by atoms with Gasteiger partial charge in [0.2, 0.25) is 11.8 Å². The molecule has 0 aliphatic carbocycles. The standard InChI is InChI=1S/C14H19N3O3/c1-10(14(19)17-5-7-20-8-6-17)16-12-4-2-3-11(9-12)13(15)18/h2-4,9-10,16H,5-8H2,1H3,(H2,15,18). The van der Waals surface area contributed by atoms with E-state index in [0.29, 0.717) is 37.6 Å². The molecule has 20 heavy (non-hydrogen) atoms. The van der Waals surface area contributed by atoms with Gasteiger partial charge in [-0.1, -0.05) is 6.07 Å². The highest BCUT2D eigenvalue weighted by Gasteiger charge is 2.22. The molecular weight excluding hydrogens is 258 g/mol. The summed E-state index contributed by atoms with van der Waals surface area (Å²) in [7, 11) is 0. The van der Waals surface area contributed by atoms with Crippen LogP contribution in [0.5, 0.6) is 0 Å². The van der Waals surface area contributed by atoms with Gasteiger partial charge in [-0.15, -0.1) is 0 Å². The van der Waals surface area contributed by atoms with Crippen molar-refractivity contribution < 1.29 is 14.3 Å². The molecule has 0 radical (unpaired) electrons. The molecule has 6 heteroatoms. The second-order valence-corrected chi connectivity index (χ2v) is 4.75. The van der Waals surface area contributed by atoms with E-state index in [2.05, 4.69) is 5.32 Å². The normalized spacial score (nSPS) is 16.6. The molecule has 0 bridgehead atoms. The first-order valence-electron chi connectivity index (χ1n) is 6.61. The van der Waals surface area contributed by atoms with E-state index in [1.165, 1.54) is 0 Å². The van der Waals surface area contributed by atoms with E-state index < -0.39 is 5.91 Å². The van der Waals surface area contributed by atoms with E-state index in [0.717, 1.165) is 0 Å². The largest absolute Gasteiger partial charge is 0.378 e. The quantitative estimate of drug-likeness (QED) is 0.836. The van der Waals surface area contributed by atoms with Crippen molar-refractivity contribution in [2.75, 3.05) is 31.6 Å². The molecule has 1 aromatic carbocycles. The van der Waals surface area contributed by atoms with Crippen molar-refractivity contribution in [3.05, 3.63) is 29.8 Å². The van der Waals surface area contributed by atoms with Crippen molar-refractivity contribution in [2.45, 2.75) is 13.0 Å². The summed E-state index contributed by atoms with van der Waals surface area (Å²) >= 11 is 0. The Morgan fingerprint density at radius 2 is 2.05 bits per heavy atom. The number of anilines is 1. The lowest BCUT2D eigenvalue weighted by atomic mass is 10.1. The highest BCUT2D eigenvalue weighted by molar-refractivity contribution is 5.94. The first kappa shape index (κ1) is 14.3. The summed E-state index contributed by atoms with van der Waals surface area (Å²) < 4.78 is 5.22. The Balaban J connectivity index is 1.99. The van der Waals surface area contributed by atoms with Gasteiger partial charge in [0.15, 0.2) is 0 Å². The van der Waals surface area contributed by atoms with Crippen LogP contribution >= 0.6 is 0 Å². The minimum absolute atomic E-state index is 0.0257. The van der Waals surface area contributed by atoms with Gasteiger partial charge in [0.05, 0.1) is 13.2 Å². The van der Waals surface area contributed by atoms with Crippen LogP contribution in [0.2, 0.25) is 0 Å². The lowest BCUT2D eigenvalue weighted by molar-refractivity contribution is -0.135. The third kappa shape index (κ3) is 3.48. The summed E-state index contributed by atoms with van der Waals surface area (Å²) in [6.45, 7) is 4.19. The summed E-state index contributed by atoms with van der Waals surface area (Å²) in [5, 5.41) is 3.09. The summed E-state index contributed by atoms with van der Waals surface area (Å²) in [5.41, 5.74) is 6.36. The van der Waals surface area contributed by atoms with Gasteiger partial charge in [-0.2, -0.15) is 0 Å². The fraction of sp³-hybridized carbons (Fsp3) is 0.429. The first-order chi connectivity index (χ1) is 9.58. The van der Waals surface area contributed by atoms with Gasteiger partial charge in [0.25, 0.3) is 0 Å². The van der Waals surface area contributed by atoms with Gasteiger partial charge in [-0.3, -0.25) is 9.59 Å². The number of nitrogens with two attached hydrogens (primary N) is 1. The van der Waals surface area contributed by atoms with E-state index in [1.807, 2.05) is 0 Å². The van der Waals surface area contributed by atoms with Crippen molar-refractivity contribution in [3.63, 3.8) is 0 Å². The molecule has 0 spiro atoms. The van der Waals surface area contributed by atoms with Crippen LogP contribution in [0.1, 0.15) is 17.3 Å². The van der Waals surface area contributed by atoms with Crippen molar-refractivity contribution >= 4 is 17.5 Å². The number of morpholine rings is 1. The second kappa shape index (κ2) is 6.38. The Labute approximate surface area is 117 Å². The molecule has 3 N–H and O–H groups in total. The topological polar surface area (TPSA) is 84.7 Å². The highest BCUT2D eigenvalue weighted by atomic mass is 16.5. The predicted molar refractivity (Wildman–Crippen MR) is 75.4 cm³/mol. The average molecular weight is 277 g/mol. The van der Waals surface area contributed by atoms with Crippen molar-refractivity contribution in [1.29, 1.82) is 0 Å². The van der Waals surface area contributed by atoms with E-state index >= 15 is 0 Å². The maximum Gasteiger partial charge on any atom is 0.248 e. The van der Waals surface area contributed by atoms with E-state index in [1.54, 1.807) is 36.1 Å². The average Bonchev–Trinajstić information content (AvgIpc) is 2.47. The van der Waals surface area contributed by atoms with Gasteiger partial charge in [0.1, 0.15) is 6.04 Å². The number of amides is 2. The Bertz CT molecular complexity index is 498. The van der Waals surface area contributed by atoms with Crippen LogP contribution in [-0.2, 0) is 9.53 Å². The van der Waals surface area contributed by atoms with E-state index in [4.69, 9.17) is 10.5 Å². The van der Waals surface area contributed by atoms with Gasteiger partial charge in [-0.05, 0) is 25.1 Å². The molecule has 108 valence electrons. The van der Waals surface area contributed by atoms with Crippen LogP contribution < -0.4 is 11.1 Å². The van der Waals surface area contributed by atoms with Gasteiger partial charge >= 0.3 is 0 Å². The van der Waals surface area contributed by atoms with E-state index in [-0.39, 0.29) is 11.9 Å². The number of nitrogens with zero attached hydrogens (tertiary/aromatic N) is 1. The lowest BCUT2D eigenvalue weighted by Gasteiger charge is -2.29. The molecule has 1 aliphatic rings. The summed E-state index contributed by atoms with van der Waals surface area (Å²) in [6.07, 6.45) is 0. The number of nitrogens with one attached hydrogen (secondary N) is 1. The molecule has 0 aromatic heterocycles. The fourth-order valence-corrected chi connectivity index (χ4v) is 2.13. The molecule has 0 saturated carbocycles. The van der Waals surface area contributed by atoms with E-state index in [9.17, 15) is 9.59 Å². The molecular formula is C14H19N3O3. The van der Waals surface area contributed by atoms with Crippen LogP contribution in [-0.4, -0.2) is 49.1 Å². The second-order valence-electron chi connectivity index (χ2n) is 4.75.